The molecule has 0 bridgehead atoms. The van der Waals surface area contributed by atoms with Crippen molar-refractivity contribution in [3.8, 4) is 10.6 Å². The Morgan fingerprint density at radius 3 is 2.57 bits per heavy atom. The van der Waals surface area contributed by atoms with Crippen LogP contribution in [0.15, 0.2) is 59.4 Å². The number of hydrogen-bond acceptors (Lipinski definition) is 6. The van der Waals surface area contributed by atoms with Gasteiger partial charge in [0.2, 0.25) is 0 Å². The number of anilines is 1. The van der Waals surface area contributed by atoms with Crippen molar-refractivity contribution in [2.75, 3.05) is 31.1 Å². The van der Waals surface area contributed by atoms with Gasteiger partial charge in [0.15, 0.2) is 5.13 Å². The predicted molar refractivity (Wildman–Crippen MR) is 115 cm³/mol. The van der Waals surface area contributed by atoms with E-state index in [0.717, 1.165) is 45.3 Å². The second-order valence-electron chi connectivity index (χ2n) is 6.64. The molecule has 0 unspecified atom stereocenters. The van der Waals surface area contributed by atoms with Crippen molar-refractivity contribution in [1.82, 2.24) is 14.9 Å². The summed E-state index contributed by atoms with van der Waals surface area (Å²) in [5.74, 6) is 0.0789. The number of piperazine rings is 1. The van der Waals surface area contributed by atoms with Crippen LogP contribution in [-0.4, -0.2) is 47.0 Å². The number of thiazole rings is 1. The molecule has 7 heteroatoms. The van der Waals surface area contributed by atoms with E-state index in [1.807, 2.05) is 64.3 Å². The average molecular weight is 407 g/mol. The third-order valence-corrected chi connectivity index (χ3v) is 6.70. The van der Waals surface area contributed by atoms with Crippen molar-refractivity contribution in [2.24, 2.45) is 0 Å². The highest BCUT2D eigenvalue weighted by Crippen LogP contribution is 2.29. The summed E-state index contributed by atoms with van der Waals surface area (Å²) in [5.41, 5.74) is 2.45. The number of pyridine rings is 1. The minimum Gasteiger partial charge on any atom is -0.345 e. The predicted octanol–water partition coefficient (Wildman–Crippen LogP) is 4.38. The van der Waals surface area contributed by atoms with Crippen LogP contribution in [0.2, 0.25) is 0 Å². The largest absolute Gasteiger partial charge is 0.345 e. The first kappa shape index (κ1) is 17.3. The van der Waals surface area contributed by atoms with Crippen LogP contribution in [-0.2, 0) is 0 Å². The van der Waals surface area contributed by atoms with Gasteiger partial charge in [-0.25, -0.2) is 9.97 Å². The van der Waals surface area contributed by atoms with E-state index in [4.69, 9.17) is 4.98 Å². The molecule has 0 N–H and O–H groups in total. The maximum absolute atomic E-state index is 13.4. The molecule has 28 heavy (non-hydrogen) atoms. The summed E-state index contributed by atoms with van der Waals surface area (Å²) in [4.78, 5) is 27.8. The maximum atomic E-state index is 13.4. The molecule has 0 atom stereocenters. The zero-order valence-electron chi connectivity index (χ0n) is 15.1. The number of fused-ring (bicyclic) bond motifs is 1. The number of benzene rings is 1. The lowest BCUT2D eigenvalue weighted by molar-refractivity contribution is 0.0748. The van der Waals surface area contributed by atoms with Crippen LogP contribution in [0.5, 0.6) is 0 Å². The summed E-state index contributed by atoms with van der Waals surface area (Å²) in [7, 11) is 0. The number of thiophene rings is 1. The Morgan fingerprint density at radius 2 is 1.82 bits per heavy atom. The molecule has 1 saturated heterocycles. The zero-order chi connectivity index (χ0) is 18.9. The Bertz CT molecular complexity index is 1100. The summed E-state index contributed by atoms with van der Waals surface area (Å²) in [6.07, 6.45) is 1.83. The second-order valence-corrected chi connectivity index (χ2v) is 8.46. The van der Waals surface area contributed by atoms with Gasteiger partial charge in [-0.2, -0.15) is 0 Å². The van der Waals surface area contributed by atoms with Gasteiger partial charge in [0.25, 0.3) is 5.91 Å². The molecule has 0 aliphatic carbocycles. The summed E-state index contributed by atoms with van der Waals surface area (Å²) >= 11 is 3.28. The third-order valence-electron chi connectivity index (χ3n) is 4.98. The molecule has 1 fully saturated rings. The Kier molecular flexibility index (Phi) is 4.54. The van der Waals surface area contributed by atoms with Gasteiger partial charge in [0.1, 0.15) is 0 Å². The van der Waals surface area contributed by atoms with E-state index in [1.54, 1.807) is 22.7 Å². The molecule has 1 aromatic carbocycles. The van der Waals surface area contributed by atoms with Gasteiger partial charge >= 0.3 is 0 Å². The summed E-state index contributed by atoms with van der Waals surface area (Å²) in [5, 5.41) is 5.96. The van der Waals surface area contributed by atoms with Gasteiger partial charge in [-0.1, -0.05) is 24.3 Å². The molecule has 0 saturated carbocycles. The number of carbonyl (C=O) groups excluding carboxylic acids is 1. The SMILES string of the molecule is O=C(c1cc(-c2cccs2)nc2ccccc12)N1CCN(c2nccs2)CC1. The van der Waals surface area contributed by atoms with Crippen LogP contribution < -0.4 is 4.90 Å². The Morgan fingerprint density at radius 1 is 0.964 bits per heavy atom. The summed E-state index contributed by atoms with van der Waals surface area (Å²) in [6, 6.07) is 13.9. The number of para-hydroxylation sites is 1. The molecule has 1 amide bonds. The fraction of sp³-hybridized carbons (Fsp3) is 0.190. The molecule has 1 aliphatic heterocycles. The number of nitrogens with zero attached hydrogens (tertiary/aromatic N) is 4. The smallest absolute Gasteiger partial charge is 0.254 e. The number of amides is 1. The van der Waals surface area contributed by atoms with Gasteiger partial charge < -0.3 is 9.80 Å². The Balaban J connectivity index is 1.46. The Hall–Kier alpha value is -2.77. The van der Waals surface area contributed by atoms with Gasteiger partial charge in [-0.3, -0.25) is 4.79 Å². The van der Waals surface area contributed by atoms with Crippen molar-refractivity contribution >= 4 is 44.6 Å². The van der Waals surface area contributed by atoms with Crippen LogP contribution >= 0.6 is 22.7 Å². The van der Waals surface area contributed by atoms with E-state index >= 15 is 0 Å². The van der Waals surface area contributed by atoms with Crippen molar-refractivity contribution < 1.29 is 4.79 Å². The van der Waals surface area contributed by atoms with Gasteiger partial charge in [-0.15, -0.1) is 22.7 Å². The molecular formula is C21H18N4OS2. The van der Waals surface area contributed by atoms with Gasteiger partial charge in [0, 0.05) is 43.1 Å². The van der Waals surface area contributed by atoms with Crippen molar-refractivity contribution in [3.63, 3.8) is 0 Å². The topological polar surface area (TPSA) is 49.3 Å². The number of aromatic nitrogens is 2. The standard InChI is InChI=1S/C21H18N4OS2/c26-20(24-8-10-25(11-9-24)21-22-7-13-28-21)16-14-18(19-6-3-12-27-19)23-17-5-2-1-4-15(16)17/h1-7,12-14H,8-11H2. The second kappa shape index (κ2) is 7.33. The van der Waals surface area contributed by atoms with Crippen molar-refractivity contribution in [2.45, 2.75) is 0 Å². The van der Waals surface area contributed by atoms with Crippen LogP contribution in [0.3, 0.4) is 0 Å². The van der Waals surface area contributed by atoms with E-state index in [2.05, 4.69) is 9.88 Å². The normalized spacial score (nSPS) is 14.6. The molecule has 5 rings (SSSR count). The van der Waals surface area contributed by atoms with E-state index < -0.39 is 0 Å². The van der Waals surface area contributed by atoms with Crippen LogP contribution in [0.1, 0.15) is 10.4 Å². The number of hydrogen-bond donors (Lipinski definition) is 0. The van der Waals surface area contributed by atoms with E-state index in [9.17, 15) is 4.79 Å². The minimum absolute atomic E-state index is 0.0789. The number of carbonyl (C=O) groups is 1. The highest BCUT2D eigenvalue weighted by molar-refractivity contribution is 7.13. The van der Waals surface area contributed by atoms with Gasteiger partial charge in [0.05, 0.1) is 21.7 Å². The fourth-order valence-corrected chi connectivity index (χ4v) is 4.93. The molecule has 5 nitrogen and oxygen atoms in total. The lowest BCUT2D eigenvalue weighted by Gasteiger charge is -2.34. The zero-order valence-corrected chi connectivity index (χ0v) is 16.7. The monoisotopic (exact) mass is 406 g/mol. The van der Waals surface area contributed by atoms with E-state index in [-0.39, 0.29) is 5.91 Å². The highest BCUT2D eigenvalue weighted by atomic mass is 32.1. The molecule has 4 aromatic rings. The Labute approximate surface area is 170 Å². The third kappa shape index (κ3) is 3.16. The van der Waals surface area contributed by atoms with Crippen LogP contribution in [0, 0.1) is 0 Å². The molecule has 0 radical (unpaired) electrons. The molecule has 3 aromatic heterocycles. The van der Waals surface area contributed by atoms with Crippen LogP contribution in [0.25, 0.3) is 21.5 Å². The summed E-state index contributed by atoms with van der Waals surface area (Å²) in [6.45, 7) is 3.01. The van der Waals surface area contributed by atoms with E-state index in [1.165, 1.54) is 0 Å². The highest BCUT2D eigenvalue weighted by Gasteiger charge is 2.25. The molecular weight excluding hydrogens is 388 g/mol. The first-order valence-electron chi connectivity index (χ1n) is 9.17. The lowest BCUT2D eigenvalue weighted by Crippen LogP contribution is -2.48. The number of rotatable bonds is 3. The summed E-state index contributed by atoms with van der Waals surface area (Å²) < 4.78 is 0. The van der Waals surface area contributed by atoms with Crippen molar-refractivity contribution in [3.05, 3.63) is 65.0 Å². The van der Waals surface area contributed by atoms with E-state index in [0.29, 0.717) is 13.1 Å². The van der Waals surface area contributed by atoms with Gasteiger partial charge in [-0.05, 0) is 23.6 Å². The fourth-order valence-electron chi connectivity index (χ4n) is 3.55. The maximum Gasteiger partial charge on any atom is 0.254 e. The molecule has 1 aliphatic rings. The molecule has 140 valence electrons. The minimum atomic E-state index is 0.0789. The average Bonchev–Trinajstić information content (AvgIpc) is 3.47. The lowest BCUT2D eigenvalue weighted by atomic mass is 10.1. The molecule has 0 spiro atoms. The first-order chi connectivity index (χ1) is 13.8. The quantitative estimate of drug-likeness (QED) is 0.507. The first-order valence-corrected chi connectivity index (χ1v) is 10.9. The molecule has 4 heterocycles. The van der Waals surface area contributed by atoms with Crippen molar-refractivity contribution in [1.29, 1.82) is 0 Å². The van der Waals surface area contributed by atoms with Crippen LogP contribution in [0.4, 0.5) is 5.13 Å².